The Kier molecular flexibility index (Phi) is 9.62. The summed E-state index contributed by atoms with van der Waals surface area (Å²) in [5.74, 6) is 4.56. The van der Waals surface area contributed by atoms with Gasteiger partial charge in [0.15, 0.2) is 0 Å². The van der Waals surface area contributed by atoms with E-state index in [0.29, 0.717) is 11.1 Å². The fourth-order valence-electron chi connectivity index (χ4n) is 3.08. The van der Waals surface area contributed by atoms with Gasteiger partial charge in [-0.1, -0.05) is 46.7 Å². The van der Waals surface area contributed by atoms with Gasteiger partial charge in [0, 0.05) is 36.5 Å². The Balaban J connectivity index is 2.33. The molecule has 8 nitrogen and oxygen atoms in total. The van der Waals surface area contributed by atoms with Gasteiger partial charge in [0.05, 0.1) is 18.9 Å². The normalized spacial score (nSPS) is 12.3. The van der Waals surface area contributed by atoms with Crippen LogP contribution in [0.2, 0.25) is 0 Å². The second-order valence-electron chi connectivity index (χ2n) is 7.13. The first-order valence-corrected chi connectivity index (χ1v) is 10.0. The third-order valence-electron chi connectivity index (χ3n) is 4.49. The van der Waals surface area contributed by atoms with E-state index in [9.17, 15) is 18.0 Å². The maximum absolute atomic E-state index is 12.9. The quantitative estimate of drug-likeness (QED) is 0.236. The molecular formula is C23H26F3N5O3. The van der Waals surface area contributed by atoms with Crippen LogP contribution in [0.1, 0.15) is 23.1 Å². The Bertz CT molecular complexity index is 1070. The van der Waals surface area contributed by atoms with Crippen molar-refractivity contribution >= 4 is 18.3 Å². The minimum Gasteiger partial charge on any atom is -0.399 e. The van der Waals surface area contributed by atoms with Crippen LogP contribution in [0.5, 0.6) is 0 Å². The topological polar surface area (TPSA) is 102 Å². The predicted molar refractivity (Wildman–Crippen MR) is 124 cm³/mol. The Hall–Kier alpha value is -3.86. The first-order valence-electron chi connectivity index (χ1n) is 10.0. The highest BCUT2D eigenvalue weighted by atomic mass is 19.4. The number of carbonyl (C=O) groups excluding carboxylic acids is 1. The average molecular weight is 477 g/mol. The summed E-state index contributed by atoms with van der Waals surface area (Å²) >= 11 is 0. The number of amides is 1. The number of hydrogen-bond acceptors (Lipinski definition) is 7. The fraction of sp³-hybridized carbons (Fsp3) is 0.261. The molecule has 182 valence electrons. The molecule has 11 heteroatoms. The van der Waals surface area contributed by atoms with Gasteiger partial charge in [-0.3, -0.25) is 4.79 Å². The van der Waals surface area contributed by atoms with Crippen molar-refractivity contribution in [2.75, 3.05) is 21.3 Å². The molecule has 1 amide bonds. The molecule has 0 spiro atoms. The first-order chi connectivity index (χ1) is 16.1. The lowest BCUT2D eigenvalue weighted by Crippen LogP contribution is -2.30. The lowest BCUT2D eigenvalue weighted by atomic mass is 9.96. The molecule has 2 rings (SSSR count). The molecule has 3 N–H and O–H groups in total. The molecular weight excluding hydrogens is 451 g/mol. The van der Waals surface area contributed by atoms with Gasteiger partial charge >= 0.3 is 6.18 Å². The third-order valence-corrected chi connectivity index (χ3v) is 4.49. The van der Waals surface area contributed by atoms with Crippen molar-refractivity contribution < 1.29 is 27.6 Å². The number of nitrogens with one attached hydrogen (secondary N) is 1. The summed E-state index contributed by atoms with van der Waals surface area (Å²) in [6.07, 6.45) is -1.95. The number of nitrogens with zero attached hydrogens (tertiary/aromatic N) is 3. The molecule has 0 saturated heterocycles. The van der Waals surface area contributed by atoms with Crippen LogP contribution in [0.25, 0.3) is 11.1 Å². The highest BCUT2D eigenvalue weighted by Crippen LogP contribution is 2.27. The monoisotopic (exact) mass is 477 g/mol. The summed E-state index contributed by atoms with van der Waals surface area (Å²) < 4.78 is 38.7. The zero-order valence-corrected chi connectivity index (χ0v) is 19.0. The largest absolute Gasteiger partial charge is 0.399 e. The molecule has 34 heavy (non-hydrogen) atoms. The zero-order chi connectivity index (χ0) is 25.1. The summed E-state index contributed by atoms with van der Waals surface area (Å²) in [6, 6.07) is 12.7. The number of rotatable bonds is 10. The fourth-order valence-corrected chi connectivity index (χ4v) is 3.08. The van der Waals surface area contributed by atoms with Crippen molar-refractivity contribution in [3.8, 4) is 11.1 Å². The van der Waals surface area contributed by atoms with Gasteiger partial charge in [-0.05, 0) is 22.8 Å². The predicted octanol–water partition coefficient (Wildman–Crippen LogP) is 3.57. The Labute approximate surface area is 195 Å². The van der Waals surface area contributed by atoms with Crippen LogP contribution in [0.4, 0.5) is 13.2 Å². The highest BCUT2D eigenvalue weighted by molar-refractivity contribution is 5.96. The van der Waals surface area contributed by atoms with Crippen molar-refractivity contribution in [1.29, 1.82) is 0 Å². The van der Waals surface area contributed by atoms with E-state index in [1.54, 1.807) is 12.1 Å². The Morgan fingerprint density at radius 3 is 2.35 bits per heavy atom. The molecule has 0 aromatic heterocycles. The Morgan fingerprint density at radius 2 is 1.74 bits per heavy atom. The average Bonchev–Trinajstić information content (AvgIpc) is 2.78. The molecule has 0 fully saturated rings. The second kappa shape index (κ2) is 12.4. The standard InChI is InChI=1S/C23H26F3N5O3/c1-31(27)15-20(11-23(24,25)26)22(32)28-12-18-6-4-5-7-21(18)16-8-9-17(13-29-33-2)19(10-16)14-30-34-3/h4-10,13-15H,11-12,27H2,1-3H3,(H,28,32)/b20-15+,29-13+,30-14-. The smallest absolute Gasteiger partial charge is 0.393 e. The highest BCUT2D eigenvalue weighted by Gasteiger charge is 2.31. The van der Waals surface area contributed by atoms with Crippen LogP contribution in [-0.2, 0) is 21.0 Å². The molecule has 0 bridgehead atoms. The van der Waals surface area contributed by atoms with Crippen LogP contribution >= 0.6 is 0 Å². The van der Waals surface area contributed by atoms with Crippen molar-refractivity contribution in [2.45, 2.75) is 19.1 Å². The van der Waals surface area contributed by atoms with E-state index in [1.807, 2.05) is 30.3 Å². The number of benzene rings is 2. The third kappa shape index (κ3) is 8.24. The summed E-state index contributed by atoms with van der Waals surface area (Å²) in [5.41, 5.74) is 3.21. The van der Waals surface area contributed by atoms with Crippen LogP contribution in [0.15, 0.2) is 64.5 Å². The number of carbonyl (C=O) groups is 1. The summed E-state index contributed by atoms with van der Waals surface area (Å²) in [7, 11) is 4.19. The van der Waals surface area contributed by atoms with Gasteiger partial charge in [0.2, 0.25) is 5.91 Å². The maximum atomic E-state index is 12.9. The number of nitrogens with two attached hydrogens (primary N) is 1. The molecule has 0 aliphatic rings. The number of hydrazine groups is 1. The van der Waals surface area contributed by atoms with Crippen LogP contribution < -0.4 is 11.2 Å². The second-order valence-corrected chi connectivity index (χ2v) is 7.13. The van der Waals surface area contributed by atoms with E-state index in [1.165, 1.54) is 33.7 Å². The summed E-state index contributed by atoms with van der Waals surface area (Å²) in [6.45, 7) is 0.00681. The number of halogens is 3. The molecule has 0 atom stereocenters. The van der Waals surface area contributed by atoms with E-state index in [2.05, 4.69) is 15.6 Å². The molecule has 2 aromatic rings. The van der Waals surface area contributed by atoms with Crippen molar-refractivity contribution in [2.24, 2.45) is 16.2 Å². The van der Waals surface area contributed by atoms with E-state index in [4.69, 9.17) is 15.5 Å². The van der Waals surface area contributed by atoms with Gasteiger partial charge in [0.1, 0.15) is 14.2 Å². The molecule has 0 heterocycles. The minimum atomic E-state index is -4.55. The number of oxime groups is 2. The van der Waals surface area contributed by atoms with Crippen molar-refractivity contribution in [3.05, 3.63) is 70.9 Å². The lowest BCUT2D eigenvalue weighted by molar-refractivity contribution is -0.134. The van der Waals surface area contributed by atoms with E-state index in [0.717, 1.165) is 27.9 Å². The van der Waals surface area contributed by atoms with Gasteiger partial charge < -0.3 is 20.0 Å². The van der Waals surface area contributed by atoms with E-state index in [-0.39, 0.29) is 6.54 Å². The van der Waals surface area contributed by atoms with Gasteiger partial charge in [-0.2, -0.15) is 13.2 Å². The van der Waals surface area contributed by atoms with Gasteiger partial charge in [-0.25, -0.2) is 5.84 Å². The minimum absolute atomic E-state index is 0.00681. The lowest BCUT2D eigenvalue weighted by Gasteiger charge is -2.16. The van der Waals surface area contributed by atoms with Crippen LogP contribution in [0, 0.1) is 0 Å². The molecule has 0 unspecified atom stereocenters. The summed E-state index contributed by atoms with van der Waals surface area (Å²) in [4.78, 5) is 22.0. The SMILES string of the molecule is CO/N=C\c1cc(-c2ccccc2CNC(=O)/C(=C/N(C)N)CC(F)(F)F)ccc1/C=N/OC. The zero-order valence-electron chi connectivity index (χ0n) is 19.0. The Morgan fingerprint density at radius 1 is 1.09 bits per heavy atom. The van der Waals surface area contributed by atoms with Crippen molar-refractivity contribution in [3.63, 3.8) is 0 Å². The molecule has 2 aromatic carbocycles. The number of alkyl halides is 3. The van der Waals surface area contributed by atoms with Crippen molar-refractivity contribution in [1.82, 2.24) is 10.3 Å². The molecule has 0 radical (unpaired) electrons. The van der Waals surface area contributed by atoms with E-state index >= 15 is 0 Å². The molecule has 0 aliphatic carbocycles. The van der Waals surface area contributed by atoms with Crippen LogP contribution in [-0.4, -0.2) is 50.8 Å². The van der Waals surface area contributed by atoms with Gasteiger partial charge in [-0.15, -0.1) is 0 Å². The van der Waals surface area contributed by atoms with Crippen LogP contribution in [0.3, 0.4) is 0 Å². The van der Waals surface area contributed by atoms with E-state index < -0.39 is 24.1 Å². The molecule has 0 saturated carbocycles. The first kappa shape index (κ1) is 26.4. The summed E-state index contributed by atoms with van der Waals surface area (Å²) in [5, 5.41) is 11.0. The number of hydrogen-bond donors (Lipinski definition) is 2. The molecule has 0 aliphatic heterocycles. The maximum Gasteiger partial charge on any atom is 0.393 e. The van der Waals surface area contributed by atoms with Gasteiger partial charge in [0.25, 0.3) is 0 Å².